The lowest BCUT2D eigenvalue weighted by Gasteiger charge is -2.19. The summed E-state index contributed by atoms with van der Waals surface area (Å²) in [5.41, 5.74) is 5.67. The topological polar surface area (TPSA) is 43.3 Å². The Morgan fingerprint density at radius 3 is 2.17 bits per heavy atom. The molecule has 3 aromatic rings. The van der Waals surface area contributed by atoms with Crippen LogP contribution in [0.3, 0.4) is 0 Å². The maximum Gasteiger partial charge on any atom is 0.198 e. The second-order valence-electron chi connectivity index (χ2n) is 7.47. The lowest BCUT2D eigenvalue weighted by Crippen LogP contribution is -2.18. The molecule has 0 bridgehead atoms. The van der Waals surface area contributed by atoms with E-state index in [4.69, 9.17) is 14.3 Å². The Labute approximate surface area is 177 Å². The van der Waals surface area contributed by atoms with E-state index in [1.165, 1.54) is 17.5 Å². The number of ether oxygens (including phenoxy) is 2. The van der Waals surface area contributed by atoms with Crippen LogP contribution in [0.15, 0.2) is 71.7 Å². The molecule has 0 radical (unpaired) electrons. The average molecular weight is 402 g/mol. The molecule has 1 aliphatic heterocycles. The number of hydrogen-bond donors (Lipinski definition) is 0. The maximum atomic E-state index is 6.28. The third-order valence-corrected chi connectivity index (χ3v) is 4.86. The van der Waals surface area contributed by atoms with Crippen LogP contribution in [0.4, 0.5) is 0 Å². The fourth-order valence-corrected chi connectivity index (χ4v) is 3.42. The van der Waals surface area contributed by atoms with Crippen molar-refractivity contribution in [2.24, 2.45) is 4.99 Å². The molecule has 0 saturated carbocycles. The standard InChI is InChI=1S/C25H26N2O3/c1-19-6-3-8-21(12-19)15-28-24-11-5-10-23(14-27-17-26-18-30-27)25(24)29-16-22-9-4-7-20(2)13-22/h3-13,18H,14-17H2,1-2H3. The van der Waals surface area contributed by atoms with Crippen LogP contribution < -0.4 is 9.47 Å². The van der Waals surface area contributed by atoms with Crippen LogP contribution in [0.5, 0.6) is 11.5 Å². The zero-order valence-electron chi connectivity index (χ0n) is 17.4. The van der Waals surface area contributed by atoms with Gasteiger partial charge in [-0.25, -0.2) is 4.99 Å². The first-order valence-corrected chi connectivity index (χ1v) is 10.1. The summed E-state index contributed by atoms with van der Waals surface area (Å²) in [4.78, 5) is 9.53. The molecule has 0 amide bonds. The molecule has 0 aliphatic carbocycles. The number of para-hydroxylation sites is 1. The van der Waals surface area contributed by atoms with Crippen LogP contribution in [-0.2, 0) is 24.6 Å². The molecule has 0 atom stereocenters. The highest BCUT2D eigenvalue weighted by Crippen LogP contribution is 2.34. The van der Waals surface area contributed by atoms with Gasteiger partial charge in [-0.05, 0) is 31.0 Å². The number of benzene rings is 3. The van der Waals surface area contributed by atoms with Gasteiger partial charge in [-0.15, -0.1) is 5.06 Å². The Kier molecular flexibility index (Phi) is 6.30. The van der Waals surface area contributed by atoms with E-state index in [1.807, 2.05) is 30.3 Å². The van der Waals surface area contributed by atoms with E-state index >= 15 is 0 Å². The molecular formula is C25H26N2O3. The Bertz CT molecular complexity index is 1020. The van der Waals surface area contributed by atoms with E-state index in [0.29, 0.717) is 26.4 Å². The maximum absolute atomic E-state index is 6.28. The Morgan fingerprint density at radius 1 is 0.867 bits per heavy atom. The molecule has 30 heavy (non-hydrogen) atoms. The van der Waals surface area contributed by atoms with E-state index in [0.717, 1.165) is 28.2 Å². The molecule has 5 heteroatoms. The summed E-state index contributed by atoms with van der Waals surface area (Å²) in [5, 5.41) is 1.78. The predicted molar refractivity (Wildman–Crippen MR) is 117 cm³/mol. The Hall–Kier alpha value is -3.31. The van der Waals surface area contributed by atoms with Gasteiger partial charge in [0.2, 0.25) is 0 Å². The highest BCUT2D eigenvalue weighted by atomic mass is 16.7. The van der Waals surface area contributed by atoms with Crippen molar-refractivity contribution in [3.63, 3.8) is 0 Å². The molecule has 5 nitrogen and oxygen atoms in total. The number of hydroxylamine groups is 2. The van der Waals surface area contributed by atoms with Gasteiger partial charge in [0, 0.05) is 5.56 Å². The fraction of sp³-hybridized carbons (Fsp3) is 0.240. The zero-order chi connectivity index (χ0) is 20.8. The molecule has 3 aromatic carbocycles. The van der Waals surface area contributed by atoms with Crippen molar-refractivity contribution in [3.05, 3.63) is 94.5 Å². The first-order valence-electron chi connectivity index (χ1n) is 10.1. The van der Waals surface area contributed by atoms with Crippen molar-refractivity contribution in [3.8, 4) is 11.5 Å². The van der Waals surface area contributed by atoms with Crippen LogP contribution in [0.25, 0.3) is 0 Å². The Morgan fingerprint density at radius 2 is 1.53 bits per heavy atom. The van der Waals surface area contributed by atoms with Gasteiger partial charge >= 0.3 is 0 Å². The summed E-state index contributed by atoms with van der Waals surface area (Å²) in [5.74, 6) is 1.46. The van der Waals surface area contributed by atoms with Crippen LogP contribution >= 0.6 is 0 Å². The number of rotatable bonds is 8. The van der Waals surface area contributed by atoms with Gasteiger partial charge in [-0.2, -0.15) is 0 Å². The van der Waals surface area contributed by atoms with Crippen LogP contribution in [0, 0.1) is 13.8 Å². The second kappa shape index (κ2) is 9.46. The quantitative estimate of drug-likeness (QED) is 0.520. The van der Waals surface area contributed by atoms with Crippen molar-refractivity contribution in [2.45, 2.75) is 33.6 Å². The molecule has 0 aromatic heterocycles. The number of aryl methyl sites for hydroxylation is 2. The minimum atomic E-state index is 0.469. The van der Waals surface area contributed by atoms with Gasteiger partial charge in [0.1, 0.15) is 19.9 Å². The van der Waals surface area contributed by atoms with Crippen molar-refractivity contribution in [2.75, 3.05) is 6.67 Å². The lowest BCUT2D eigenvalue weighted by atomic mass is 10.1. The SMILES string of the molecule is Cc1cccc(COc2cccc(CN3CN=CO3)c2OCc2cccc(C)c2)c1. The van der Waals surface area contributed by atoms with Crippen molar-refractivity contribution >= 4 is 6.40 Å². The van der Waals surface area contributed by atoms with E-state index in [2.05, 4.69) is 55.2 Å². The molecule has 0 N–H and O–H groups in total. The minimum absolute atomic E-state index is 0.469. The zero-order valence-corrected chi connectivity index (χ0v) is 17.4. The first kappa shape index (κ1) is 20.0. The molecule has 0 saturated heterocycles. The molecule has 0 unspecified atom stereocenters. The third kappa shape index (κ3) is 5.19. The monoisotopic (exact) mass is 402 g/mol. The Balaban J connectivity index is 1.55. The highest BCUT2D eigenvalue weighted by molar-refractivity contribution is 5.49. The first-order chi connectivity index (χ1) is 14.7. The van der Waals surface area contributed by atoms with E-state index in [1.54, 1.807) is 5.06 Å². The van der Waals surface area contributed by atoms with Crippen LogP contribution in [0.1, 0.15) is 27.8 Å². The van der Waals surface area contributed by atoms with Crippen molar-refractivity contribution < 1.29 is 14.3 Å². The van der Waals surface area contributed by atoms with E-state index in [9.17, 15) is 0 Å². The average Bonchev–Trinajstić information content (AvgIpc) is 3.25. The van der Waals surface area contributed by atoms with Crippen LogP contribution in [0.2, 0.25) is 0 Å². The highest BCUT2D eigenvalue weighted by Gasteiger charge is 2.17. The summed E-state index contributed by atoms with van der Waals surface area (Å²) < 4.78 is 12.5. The summed E-state index contributed by atoms with van der Waals surface area (Å²) in [7, 11) is 0. The molecule has 4 rings (SSSR count). The second-order valence-corrected chi connectivity index (χ2v) is 7.47. The number of nitrogens with zero attached hydrogens (tertiary/aromatic N) is 2. The van der Waals surface area contributed by atoms with E-state index in [-0.39, 0.29) is 0 Å². The van der Waals surface area contributed by atoms with Crippen molar-refractivity contribution in [1.82, 2.24) is 5.06 Å². The number of hydrogen-bond acceptors (Lipinski definition) is 5. The molecule has 1 aliphatic rings. The summed E-state index contributed by atoms with van der Waals surface area (Å²) in [6, 6.07) is 22.6. The molecule has 0 fully saturated rings. The van der Waals surface area contributed by atoms with Gasteiger partial charge < -0.3 is 14.3 Å². The van der Waals surface area contributed by atoms with Gasteiger partial charge in [0.25, 0.3) is 0 Å². The predicted octanol–water partition coefficient (Wildman–Crippen LogP) is 5.19. The van der Waals surface area contributed by atoms with E-state index < -0.39 is 0 Å². The van der Waals surface area contributed by atoms with Crippen molar-refractivity contribution in [1.29, 1.82) is 0 Å². The van der Waals surface area contributed by atoms with Crippen LogP contribution in [-0.4, -0.2) is 18.1 Å². The largest absolute Gasteiger partial charge is 0.485 e. The van der Waals surface area contributed by atoms with Gasteiger partial charge in [-0.1, -0.05) is 71.8 Å². The lowest BCUT2D eigenvalue weighted by molar-refractivity contribution is -0.0525. The fourth-order valence-electron chi connectivity index (χ4n) is 3.42. The van der Waals surface area contributed by atoms with Gasteiger partial charge in [0.05, 0.1) is 6.54 Å². The molecule has 1 heterocycles. The summed E-state index contributed by atoms with van der Waals surface area (Å²) >= 11 is 0. The summed E-state index contributed by atoms with van der Waals surface area (Å²) in [6.07, 6.45) is 1.46. The van der Waals surface area contributed by atoms with Gasteiger partial charge in [0.15, 0.2) is 17.9 Å². The third-order valence-electron chi connectivity index (χ3n) is 4.86. The summed E-state index contributed by atoms with van der Waals surface area (Å²) in [6.45, 7) is 6.18. The molecular weight excluding hydrogens is 376 g/mol. The normalized spacial score (nSPS) is 13.3. The number of aliphatic imine (C=N–C) groups is 1. The molecule has 154 valence electrons. The molecule has 0 spiro atoms. The minimum Gasteiger partial charge on any atom is -0.485 e. The van der Waals surface area contributed by atoms with Gasteiger partial charge in [-0.3, -0.25) is 0 Å². The smallest absolute Gasteiger partial charge is 0.198 e.